The molecule has 2 heterocycles. The first-order valence-electron chi connectivity index (χ1n) is 7.62. The summed E-state index contributed by atoms with van der Waals surface area (Å²) in [4.78, 5) is 16.4. The topological polar surface area (TPSA) is 32.8 Å². The molecule has 21 heavy (non-hydrogen) atoms. The third-order valence-electron chi connectivity index (χ3n) is 4.36. The highest BCUT2D eigenvalue weighted by molar-refractivity contribution is 5.79. The van der Waals surface area contributed by atoms with Gasteiger partial charge in [0.25, 0.3) is 0 Å². The number of hydrogen-bond acceptors (Lipinski definition) is 3. The fraction of sp³-hybridized carbons (Fsp3) is 0.562. The molecule has 1 amide bonds. The van der Waals surface area contributed by atoms with Gasteiger partial charge in [0.15, 0.2) is 0 Å². The van der Waals surface area contributed by atoms with Crippen LogP contribution in [-0.4, -0.2) is 50.2 Å². The maximum atomic E-state index is 13.8. The molecule has 0 N–H and O–H groups in total. The summed E-state index contributed by atoms with van der Waals surface area (Å²) in [6.07, 6.45) is 1.59. The molecular formula is C16H21FN2O2. The molecule has 2 aliphatic heterocycles. The van der Waals surface area contributed by atoms with E-state index in [4.69, 9.17) is 4.74 Å². The average molecular weight is 292 g/mol. The highest BCUT2D eigenvalue weighted by atomic mass is 19.1. The van der Waals surface area contributed by atoms with Crippen molar-refractivity contribution in [3.05, 3.63) is 30.1 Å². The minimum absolute atomic E-state index is 0.0751. The lowest BCUT2D eigenvalue weighted by Gasteiger charge is -2.36. The second-order valence-corrected chi connectivity index (χ2v) is 5.65. The number of anilines is 1. The van der Waals surface area contributed by atoms with Crippen LogP contribution < -0.4 is 4.90 Å². The lowest BCUT2D eigenvalue weighted by atomic mass is 9.94. The minimum Gasteiger partial charge on any atom is -0.378 e. The predicted octanol–water partition coefficient (Wildman–Crippen LogP) is 1.90. The van der Waals surface area contributed by atoms with Crippen molar-refractivity contribution in [1.82, 2.24) is 4.90 Å². The van der Waals surface area contributed by atoms with Crippen LogP contribution in [-0.2, 0) is 9.53 Å². The summed E-state index contributed by atoms with van der Waals surface area (Å²) in [5.41, 5.74) is 0.648. The zero-order chi connectivity index (χ0) is 14.7. The average Bonchev–Trinajstić information content (AvgIpc) is 2.56. The number of para-hydroxylation sites is 1. The molecule has 0 unspecified atom stereocenters. The number of morpholine rings is 1. The Morgan fingerprint density at radius 1 is 1.10 bits per heavy atom. The van der Waals surface area contributed by atoms with Gasteiger partial charge in [0.2, 0.25) is 5.91 Å². The summed E-state index contributed by atoms with van der Waals surface area (Å²) in [6, 6.07) is 6.84. The summed E-state index contributed by atoms with van der Waals surface area (Å²) < 4.78 is 19.1. The van der Waals surface area contributed by atoms with Gasteiger partial charge in [-0.2, -0.15) is 0 Å². The van der Waals surface area contributed by atoms with Gasteiger partial charge in [-0.05, 0) is 25.0 Å². The van der Waals surface area contributed by atoms with Crippen molar-refractivity contribution < 1.29 is 13.9 Å². The number of hydrogen-bond donors (Lipinski definition) is 0. The number of piperidine rings is 1. The number of nitrogens with zero attached hydrogens (tertiary/aromatic N) is 2. The molecule has 1 aromatic carbocycles. The van der Waals surface area contributed by atoms with Crippen LogP contribution in [0, 0.1) is 11.7 Å². The van der Waals surface area contributed by atoms with E-state index in [1.807, 2.05) is 15.9 Å². The Bertz CT molecular complexity index is 495. The smallest absolute Gasteiger partial charge is 0.225 e. The quantitative estimate of drug-likeness (QED) is 0.834. The van der Waals surface area contributed by atoms with Gasteiger partial charge in [0, 0.05) is 32.1 Å². The van der Waals surface area contributed by atoms with Gasteiger partial charge >= 0.3 is 0 Å². The van der Waals surface area contributed by atoms with Crippen molar-refractivity contribution in [3.8, 4) is 0 Å². The SMILES string of the molecule is O=C(C1CCN(c2ccccc2F)CC1)N1CCOCC1. The van der Waals surface area contributed by atoms with Crippen molar-refractivity contribution in [2.45, 2.75) is 12.8 Å². The molecular weight excluding hydrogens is 271 g/mol. The summed E-state index contributed by atoms with van der Waals surface area (Å²) in [5, 5.41) is 0. The van der Waals surface area contributed by atoms with Crippen molar-refractivity contribution >= 4 is 11.6 Å². The number of carbonyl (C=O) groups is 1. The van der Waals surface area contributed by atoms with E-state index >= 15 is 0 Å². The Balaban J connectivity index is 1.57. The Hall–Kier alpha value is -1.62. The molecule has 0 radical (unpaired) electrons. The number of carbonyl (C=O) groups excluding carboxylic acids is 1. The van der Waals surface area contributed by atoms with Gasteiger partial charge in [-0.25, -0.2) is 4.39 Å². The number of halogens is 1. The standard InChI is InChI=1S/C16H21FN2O2/c17-14-3-1-2-4-15(14)18-7-5-13(6-8-18)16(20)19-9-11-21-12-10-19/h1-4,13H,5-12H2. The van der Waals surface area contributed by atoms with E-state index in [1.165, 1.54) is 6.07 Å². The van der Waals surface area contributed by atoms with Crippen LogP contribution in [0.5, 0.6) is 0 Å². The number of ether oxygens (including phenoxy) is 1. The third kappa shape index (κ3) is 3.18. The van der Waals surface area contributed by atoms with Gasteiger partial charge in [0.05, 0.1) is 18.9 Å². The summed E-state index contributed by atoms with van der Waals surface area (Å²) in [5.74, 6) is 0.132. The highest BCUT2D eigenvalue weighted by Gasteiger charge is 2.29. The molecule has 0 spiro atoms. The molecule has 2 fully saturated rings. The minimum atomic E-state index is -0.185. The first-order chi connectivity index (χ1) is 10.3. The van der Waals surface area contributed by atoms with Gasteiger partial charge in [0.1, 0.15) is 5.82 Å². The maximum Gasteiger partial charge on any atom is 0.225 e. The first kappa shape index (κ1) is 14.3. The number of amides is 1. The largest absolute Gasteiger partial charge is 0.378 e. The molecule has 0 bridgehead atoms. The molecule has 114 valence electrons. The molecule has 3 rings (SSSR count). The van der Waals surface area contributed by atoms with E-state index < -0.39 is 0 Å². The van der Waals surface area contributed by atoms with Gasteiger partial charge in [-0.15, -0.1) is 0 Å². The van der Waals surface area contributed by atoms with Crippen LogP contribution in [0.3, 0.4) is 0 Å². The molecule has 2 saturated heterocycles. The van der Waals surface area contributed by atoms with Gasteiger partial charge in [-0.3, -0.25) is 4.79 Å². The van der Waals surface area contributed by atoms with Gasteiger partial charge < -0.3 is 14.5 Å². The molecule has 4 nitrogen and oxygen atoms in total. The van der Waals surface area contributed by atoms with Crippen molar-refractivity contribution in [2.75, 3.05) is 44.3 Å². The predicted molar refractivity (Wildman–Crippen MR) is 78.7 cm³/mol. The fourth-order valence-electron chi connectivity index (χ4n) is 3.12. The van der Waals surface area contributed by atoms with E-state index in [9.17, 15) is 9.18 Å². The van der Waals surface area contributed by atoms with E-state index in [-0.39, 0.29) is 17.6 Å². The second kappa shape index (κ2) is 6.43. The van der Waals surface area contributed by atoms with Crippen LogP contribution in [0.25, 0.3) is 0 Å². The summed E-state index contributed by atoms with van der Waals surface area (Å²) in [6.45, 7) is 4.15. The van der Waals surface area contributed by atoms with E-state index in [0.29, 0.717) is 32.0 Å². The van der Waals surface area contributed by atoms with E-state index in [0.717, 1.165) is 25.9 Å². The zero-order valence-corrected chi connectivity index (χ0v) is 12.1. The zero-order valence-electron chi connectivity index (χ0n) is 12.1. The normalized spacial score (nSPS) is 20.6. The lowest BCUT2D eigenvalue weighted by molar-refractivity contribution is -0.140. The van der Waals surface area contributed by atoms with Crippen LogP contribution in [0.15, 0.2) is 24.3 Å². The molecule has 0 atom stereocenters. The van der Waals surface area contributed by atoms with Crippen molar-refractivity contribution in [3.63, 3.8) is 0 Å². The molecule has 5 heteroatoms. The van der Waals surface area contributed by atoms with Gasteiger partial charge in [-0.1, -0.05) is 12.1 Å². The molecule has 0 saturated carbocycles. The second-order valence-electron chi connectivity index (χ2n) is 5.65. The monoisotopic (exact) mass is 292 g/mol. The Labute approximate surface area is 124 Å². The van der Waals surface area contributed by atoms with Crippen molar-refractivity contribution in [2.24, 2.45) is 5.92 Å². The summed E-state index contributed by atoms with van der Waals surface area (Å²) in [7, 11) is 0. The highest BCUT2D eigenvalue weighted by Crippen LogP contribution is 2.26. The van der Waals surface area contributed by atoms with Crippen LogP contribution in [0.2, 0.25) is 0 Å². The van der Waals surface area contributed by atoms with Crippen LogP contribution in [0.4, 0.5) is 10.1 Å². The Morgan fingerprint density at radius 3 is 2.43 bits per heavy atom. The molecule has 2 aliphatic rings. The van der Waals surface area contributed by atoms with E-state index in [1.54, 1.807) is 12.1 Å². The molecule has 0 aliphatic carbocycles. The fourth-order valence-corrected chi connectivity index (χ4v) is 3.12. The first-order valence-corrected chi connectivity index (χ1v) is 7.62. The van der Waals surface area contributed by atoms with Crippen LogP contribution >= 0.6 is 0 Å². The Morgan fingerprint density at radius 2 is 1.76 bits per heavy atom. The van der Waals surface area contributed by atoms with E-state index in [2.05, 4.69) is 0 Å². The third-order valence-corrected chi connectivity index (χ3v) is 4.36. The van der Waals surface area contributed by atoms with Crippen LogP contribution in [0.1, 0.15) is 12.8 Å². The number of rotatable bonds is 2. The Kier molecular flexibility index (Phi) is 4.39. The molecule has 0 aromatic heterocycles. The number of benzene rings is 1. The lowest BCUT2D eigenvalue weighted by Crippen LogP contribution is -2.46. The molecule has 1 aromatic rings. The van der Waals surface area contributed by atoms with Crippen molar-refractivity contribution in [1.29, 1.82) is 0 Å². The summed E-state index contributed by atoms with van der Waals surface area (Å²) >= 11 is 0. The maximum absolute atomic E-state index is 13.8.